The van der Waals surface area contributed by atoms with Gasteiger partial charge in [0.05, 0.1) is 11.8 Å². The van der Waals surface area contributed by atoms with Crippen molar-refractivity contribution in [2.75, 3.05) is 20.8 Å². The van der Waals surface area contributed by atoms with Crippen LogP contribution in [0.1, 0.15) is 19.4 Å². The second-order valence-corrected chi connectivity index (χ2v) is 9.21. The van der Waals surface area contributed by atoms with Crippen molar-refractivity contribution in [3.8, 4) is 22.8 Å². The Morgan fingerprint density at radius 2 is 1.58 bits per heavy atom. The molecule has 0 unspecified atom stereocenters. The Labute approximate surface area is 242 Å². The molecule has 5 atom stereocenters. The molecule has 16 heteroatoms. The van der Waals surface area contributed by atoms with E-state index in [1.807, 2.05) is 0 Å². The Balaban J connectivity index is 1.52. The highest BCUT2D eigenvalue weighted by molar-refractivity contribution is 6.04. The monoisotopic (exact) mass is 618 g/mol. The topological polar surface area (TPSA) is 98.5 Å². The Hall–Kier alpha value is -3.73. The molecule has 0 bridgehead atoms. The minimum atomic E-state index is -4.89. The maximum atomic E-state index is 14.0. The van der Waals surface area contributed by atoms with E-state index in [-0.39, 0.29) is 11.4 Å². The molecule has 1 fully saturated rings. The van der Waals surface area contributed by atoms with Gasteiger partial charge in [0.25, 0.3) is 6.29 Å². The van der Waals surface area contributed by atoms with E-state index < -0.39 is 54.7 Å². The van der Waals surface area contributed by atoms with Gasteiger partial charge in [-0.15, -0.1) is 18.3 Å². The number of rotatable bonds is 10. The maximum absolute atomic E-state index is 14.0. The molecule has 1 aliphatic heterocycles. The maximum Gasteiger partial charge on any atom is 0.573 e. The van der Waals surface area contributed by atoms with E-state index in [0.29, 0.717) is 17.9 Å². The van der Waals surface area contributed by atoms with Crippen molar-refractivity contribution in [3.05, 3.63) is 60.4 Å². The summed E-state index contributed by atoms with van der Waals surface area (Å²) in [7, 11) is 2.81. The largest absolute Gasteiger partial charge is 0.573 e. The van der Waals surface area contributed by atoms with E-state index in [0.717, 1.165) is 12.1 Å². The lowest BCUT2D eigenvalue weighted by Gasteiger charge is -2.42. The molecule has 0 spiro atoms. The number of hydrogen-bond donors (Lipinski definition) is 0. The molecular formula is C27H28F6N4O6. The highest BCUT2D eigenvalue weighted by atomic mass is 19.4. The van der Waals surface area contributed by atoms with Gasteiger partial charge in [0.2, 0.25) is 0 Å². The Morgan fingerprint density at radius 3 is 2.14 bits per heavy atom. The smallest absolute Gasteiger partial charge is 0.406 e. The molecule has 1 aliphatic rings. The molecule has 10 nitrogen and oxygen atoms in total. The van der Waals surface area contributed by atoms with Crippen LogP contribution in [0.5, 0.6) is 5.75 Å². The van der Waals surface area contributed by atoms with Gasteiger partial charge >= 0.3 is 12.5 Å². The van der Waals surface area contributed by atoms with Gasteiger partial charge < -0.3 is 28.5 Å². The quantitative estimate of drug-likeness (QED) is 0.172. The predicted molar refractivity (Wildman–Crippen MR) is 138 cm³/mol. The fourth-order valence-electron chi connectivity index (χ4n) is 4.48. The molecule has 2 heterocycles. The number of hydrogen-bond acceptors (Lipinski definition) is 9. The number of benzene rings is 2. The van der Waals surface area contributed by atoms with E-state index >= 15 is 0 Å². The van der Waals surface area contributed by atoms with Gasteiger partial charge in [-0.2, -0.15) is 13.2 Å². The molecule has 0 radical (unpaired) electrons. The zero-order valence-corrected chi connectivity index (χ0v) is 23.3. The van der Waals surface area contributed by atoms with Gasteiger partial charge in [-0.25, -0.2) is 9.67 Å². The van der Waals surface area contributed by atoms with Crippen molar-refractivity contribution in [2.45, 2.75) is 57.1 Å². The Kier molecular flexibility index (Phi) is 9.94. The second-order valence-electron chi connectivity index (χ2n) is 9.21. The van der Waals surface area contributed by atoms with Crippen LogP contribution in [0, 0.1) is 0 Å². The molecule has 234 valence electrons. The summed E-state index contributed by atoms with van der Waals surface area (Å²) in [6.07, 6.45) is -12.5. The SMILES string of the molecule is CCO[C@@H]1[C@@H](OC)[C@H](C)O[C@@H](O/N=C(/c2ccc(-c3ncn(-c4ccc(OC(F)(F)F)cc4)n3)cc2)C(F)(F)F)[C@@H]1OC. The zero-order chi connectivity index (χ0) is 31.4. The number of methoxy groups -OCH3 is 2. The van der Waals surface area contributed by atoms with Crippen LogP contribution in [-0.4, -0.2) is 84.5 Å². The molecule has 3 aromatic rings. The number of aromatic nitrogens is 3. The molecule has 0 N–H and O–H groups in total. The van der Waals surface area contributed by atoms with E-state index in [2.05, 4.69) is 20.0 Å². The first-order valence-corrected chi connectivity index (χ1v) is 12.9. The van der Waals surface area contributed by atoms with E-state index in [9.17, 15) is 26.3 Å². The van der Waals surface area contributed by atoms with Gasteiger partial charge in [-0.05, 0) is 38.1 Å². The molecule has 43 heavy (non-hydrogen) atoms. The summed E-state index contributed by atoms with van der Waals surface area (Å²) in [6, 6.07) is 9.98. The second kappa shape index (κ2) is 13.3. The predicted octanol–water partition coefficient (Wildman–Crippen LogP) is 5.30. The van der Waals surface area contributed by atoms with Gasteiger partial charge in [0.1, 0.15) is 24.3 Å². The molecule has 0 aliphatic carbocycles. The standard InChI is InChI=1S/C27H28F6N4O6/c1-5-40-21-20(38-3)15(2)41-25(22(21)39-4)43-36-23(26(28,29)30)16-6-8-17(9-7-16)24-34-14-37(35-24)18-10-12-19(13-11-18)42-27(31,32)33/h6-15,20-22,25H,5H2,1-4H3/b36-23-/t15-,20-,21+,22+,25-/m0/s1. The molecular weight excluding hydrogens is 590 g/mol. The summed E-state index contributed by atoms with van der Waals surface area (Å²) in [5.41, 5.74) is -0.863. The fraction of sp³-hybridized carbons (Fsp3) is 0.444. The molecule has 1 saturated heterocycles. The summed E-state index contributed by atoms with van der Waals surface area (Å²) >= 11 is 0. The average Bonchev–Trinajstić information content (AvgIpc) is 3.43. The van der Waals surface area contributed by atoms with Crippen molar-refractivity contribution >= 4 is 5.71 Å². The molecule has 4 rings (SSSR count). The van der Waals surface area contributed by atoms with Crippen molar-refractivity contribution in [1.29, 1.82) is 0 Å². The number of nitrogens with zero attached hydrogens (tertiary/aromatic N) is 4. The van der Waals surface area contributed by atoms with E-state index in [1.54, 1.807) is 13.8 Å². The summed E-state index contributed by atoms with van der Waals surface area (Å²) in [6.45, 7) is 3.72. The van der Waals surface area contributed by atoms with Gasteiger partial charge in [0, 0.05) is 32.0 Å². The van der Waals surface area contributed by atoms with Crippen LogP contribution in [0.2, 0.25) is 0 Å². The van der Waals surface area contributed by atoms with Crippen LogP contribution >= 0.6 is 0 Å². The molecule has 0 amide bonds. The van der Waals surface area contributed by atoms with Crippen LogP contribution in [-0.2, 0) is 23.8 Å². The minimum Gasteiger partial charge on any atom is -0.406 e. The first-order valence-electron chi connectivity index (χ1n) is 12.9. The van der Waals surface area contributed by atoms with Crippen LogP contribution < -0.4 is 4.74 Å². The fourth-order valence-corrected chi connectivity index (χ4v) is 4.48. The highest BCUT2D eigenvalue weighted by Crippen LogP contribution is 2.30. The van der Waals surface area contributed by atoms with Gasteiger partial charge in [-0.3, -0.25) is 0 Å². The van der Waals surface area contributed by atoms with Crippen molar-refractivity contribution in [3.63, 3.8) is 0 Å². The summed E-state index contributed by atoms with van der Waals surface area (Å²) in [5.74, 6) is -0.250. The van der Waals surface area contributed by atoms with Crippen LogP contribution in [0.3, 0.4) is 0 Å². The number of alkyl halides is 6. The summed E-state index contributed by atoms with van der Waals surface area (Å²) in [5, 5.41) is 7.67. The third-order valence-electron chi connectivity index (χ3n) is 6.39. The van der Waals surface area contributed by atoms with Crippen molar-refractivity contribution < 1.29 is 54.9 Å². The lowest BCUT2D eigenvalue weighted by Crippen LogP contribution is -2.59. The van der Waals surface area contributed by atoms with Crippen LogP contribution in [0.15, 0.2) is 60.0 Å². The minimum absolute atomic E-state index is 0.158. The molecule has 0 saturated carbocycles. The van der Waals surface area contributed by atoms with Crippen molar-refractivity contribution in [2.24, 2.45) is 5.16 Å². The Morgan fingerprint density at radius 1 is 0.930 bits per heavy atom. The Bertz CT molecular complexity index is 1360. The number of oxime groups is 1. The third kappa shape index (κ3) is 7.81. The lowest BCUT2D eigenvalue weighted by atomic mass is 9.99. The normalized spacial score (nSPS) is 23.3. The zero-order valence-electron chi connectivity index (χ0n) is 23.3. The number of ether oxygens (including phenoxy) is 5. The van der Waals surface area contributed by atoms with Crippen molar-refractivity contribution in [1.82, 2.24) is 14.8 Å². The van der Waals surface area contributed by atoms with Gasteiger partial charge in [0.15, 0.2) is 17.6 Å². The molecule has 2 aromatic carbocycles. The first-order chi connectivity index (χ1) is 20.3. The summed E-state index contributed by atoms with van der Waals surface area (Å²) < 4.78 is 107. The van der Waals surface area contributed by atoms with Gasteiger partial charge in [-0.1, -0.05) is 29.4 Å². The molecule has 1 aromatic heterocycles. The lowest BCUT2D eigenvalue weighted by molar-refractivity contribution is -0.308. The van der Waals surface area contributed by atoms with E-state index in [1.165, 1.54) is 61.6 Å². The van der Waals surface area contributed by atoms with Crippen LogP contribution in [0.25, 0.3) is 17.1 Å². The number of halogens is 6. The summed E-state index contributed by atoms with van der Waals surface area (Å²) in [4.78, 5) is 9.39. The third-order valence-corrected chi connectivity index (χ3v) is 6.39. The highest BCUT2D eigenvalue weighted by Gasteiger charge is 2.48. The van der Waals surface area contributed by atoms with E-state index in [4.69, 9.17) is 23.8 Å². The van der Waals surface area contributed by atoms with Crippen LogP contribution in [0.4, 0.5) is 26.3 Å². The average molecular weight is 619 g/mol. The first kappa shape index (κ1) is 32.2.